The second kappa shape index (κ2) is 8.06. The Labute approximate surface area is 155 Å². The van der Waals surface area contributed by atoms with Crippen LogP contribution in [0.1, 0.15) is 52.0 Å². The van der Waals surface area contributed by atoms with Crippen molar-refractivity contribution in [1.82, 2.24) is 4.72 Å². The van der Waals surface area contributed by atoms with Crippen LogP contribution >= 0.6 is 0 Å². The van der Waals surface area contributed by atoms with E-state index in [1.54, 1.807) is 19.9 Å². The zero-order valence-electron chi connectivity index (χ0n) is 15.6. The fourth-order valence-corrected chi connectivity index (χ4v) is 4.06. The highest BCUT2D eigenvalue weighted by Gasteiger charge is 2.47. The third kappa shape index (κ3) is 6.07. The van der Waals surface area contributed by atoms with Crippen molar-refractivity contribution in [3.8, 4) is 5.75 Å². The molecule has 5 nitrogen and oxygen atoms in total. The van der Waals surface area contributed by atoms with Gasteiger partial charge in [0.25, 0.3) is 0 Å². The molecule has 0 aliphatic heterocycles. The van der Waals surface area contributed by atoms with Crippen LogP contribution in [0.5, 0.6) is 5.75 Å². The van der Waals surface area contributed by atoms with Crippen molar-refractivity contribution in [3.05, 3.63) is 41.7 Å². The van der Waals surface area contributed by atoms with Gasteiger partial charge in [-0.25, -0.2) is 17.5 Å². The SMILES string of the molecule is CC/C=C/CCS(=O)(=O)NC1(c2ccc(F)c(OCC(C)(C)O)c2)CC1. The van der Waals surface area contributed by atoms with Gasteiger partial charge in [-0.2, -0.15) is 0 Å². The molecule has 0 atom stereocenters. The molecule has 26 heavy (non-hydrogen) atoms. The summed E-state index contributed by atoms with van der Waals surface area (Å²) in [5.74, 6) is -0.503. The zero-order chi connectivity index (χ0) is 19.4. The van der Waals surface area contributed by atoms with Crippen LogP contribution in [0.2, 0.25) is 0 Å². The molecule has 2 rings (SSSR count). The van der Waals surface area contributed by atoms with E-state index in [0.717, 1.165) is 6.42 Å². The Morgan fingerprint density at radius 3 is 2.62 bits per heavy atom. The molecule has 0 bridgehead atoms. The van der Waals surface area contributed by atoms with Gasteiger partial charge in [0.15, 0.2) is 11.6 Å². The van der Waals surface area contributed by atoms with E-state index < -0.39 is 27.0 Å². The molecule has 0 saturated heterocycles. The molecule has 0 unspecified atom stereocenters. The Bertz CT molecular complexity index is 749. The molecular weight excluding hydrogens is 357 g/mol. The first-order chi connectivity index (χ1) is 12.1. The Hall–Kier alpha value is -1.44. The Kier molecular flexibility index (Phi) is 6.47. The predicted octanol–water partition coefficient (Wildman–Crippen LogP) is 3.24. The van der Waals surface area contributed by atoms with Crippen molar-refractivity contribution in [2.75, 3.05) is 12.4 Å². The summed E-state index contributed by atoms with van der Waals surface area (Å²) in [6.07, 6.45) is 6.46. The maximum atomic E-state index is 14.0. The standard InChI is InChI=1S/C19H28FNO4S/c1-4-5-6-7-12-26(23,24)21-19(10-11-19)15-8-9-16(20)17(13-15)25-14-18(2,3)22/h5-6,8-9,13,21-22H,4,7,10-12,14H2,1-3H3/b6-5+. The van der Waals surface area contributed by atoms with Crippen molar-refractivity contribution in [1.29, 1.82) is 0 Å². The van der Waals surface area contributed by atoms with Gasteiger partial charge in [0.05, 0.1) is 16.9 Å². The summed E-state index contributed by atoms with van der Waals surface area (Å²) in [6, 6.07) is 4.37. The van der Waals surface area contributed by atoms with Gasteiger partial charge in [0.1, 0.15) is 6.61 Å². The maximum absolute atomic E-state index is 14.0. The Morgan fingerprint density at radius 2 is 2.04 bits per heavy atom. The summed E-state index contributed by atoms with van der Waals surface area (Å²) < 4.78 is 46.8. The first-order valence-corrected chi connectivity index (χ1v) is 10.5. The summed E-state index contributed by atoms with van der Waals surface area (Å²) in [7, 11) is -3.44. The first kappa shape index (κ1) is 20.9. The average Bonchev–Trinajstić information content (AvgIpc) is 3.30. The molecule has 0 amide bonds. The largest absolute Gasteiger partial charge is 0.488 e. The molecule has 0 aromatic heterocycles. The number of aliphatic hydroxyl groups is 1. The van der Waals surface area contributed by atoms with Crippen LogP contribution in [0.4, 0.5) is 4.39 Å². The number of hydrogen-bond acceptors (Lipinski definition) is 4. The van der Waals surface area contributed by atoms with E-state index in [4.69, 9.17) is 4.74 Å². The third-order valence-corrected chi connectivity index (χ3v) is 5.60. The number of nitrogens with one attached hydrogen (secondary N) is 1. The molecule has 0 heterocycles. The summed E-state index contributed by atoms with van der Waals surface area (Å²) in [6.45, 7) is 5.07. The number of benzene rings is 1. The van der Waals surface area contributed by atoms with Crippen molar-refractivity contribution >= 4 is 10.0 Å². The van der Waals surface area contributed by atoms with E-state index in [0.29, 0.717) is 24.8 Å². The zero-order valence-corrected chi connectivity index (χ0v) is 16.4. The van der Waals surface area contributed by atoms with Crippen LogP contribution in [0.25, 0.3) is 0 Å². The van der Waals surface area contributed by atoms with Crippen molar-refractivity contribution in [3.63, 3.8) is 0 Å². The molecule has 0 radical (unpaired) electrons. The molecule has 7 heteroatoms. The number of halogens is 1. The molecule has 146 valence electrons. The summed E-state index contributed by atoms with van der Waals surface area (Å²) >= 11 is 0. The number of sulfonamides is 1. The lowest BCUT2D eigenvalue weighted by atomic mass is 10.1. The highest BCUT2D eigenvalue weighted by Crippen LogP contribution is 2.47. The van der Waals surface area contributed by atoms with E-state index in [1.165, 1.54) is 12.1 Å². The van der Waals surface area contributed by atoms with E-state index in [1.807, 2.05) is 19.1 Å². The Balaban J connectivity index is 2.10. The molecule has 1 aliphatic rings. The van der Waals surface area contributed by atoms with Gasteiger partial charge in [-0.05, 0) is 57.2 Å². The number of rotatable bonds is 10. The highest BCUT2D eigenvalue weighted by molar-refractivity contribution is 7.89. The second-order valence-electron chi connectivity index (χ2n) is 7.42. The lowest BCUT2D eigenvalue weighted by molar-refractivity contribution is 0.0271. The van der Waals surface area contributed by atoms with E-state index in [9.17, 15) is 17.9 Å². The van der Waals surface area contributed by atoms with Gasteiger partial charge in [-0.15, -0.1) is 0 Å². The fourth-order valence-electron chi connectivity index (χ4n) is 2.60. The maximum Gasteiger partial charge on any atom is 0.212 e. The van der Waals surface area contributed by atoms with Gasteiger partial charge in [-0.1, -0.05) is 25.1 Å². The van der Waals surface area contributed by atoms with Crippen molar-refractivity contribution in [2.24, 2.45) is 0 Å². The fraction of sp³-hybridized carbons (Fsp3) is 0.579. The van der Waals surface area contributed by atoms with Gasteiger partial charge in [0.2, 0.25) is 10.0 Å². The molecule has 2 N–H and O–H groups in total. The minimum atomic E-state index is -3.44. The molecule has 1 aromatic carbocycles. The molecule has 1 saturated carbocycles. The normalized spacial score (nSPS) is 16.8. The lowest BCUT2D eigenvalue weighted by Crippen LogP contribution is -2.36. The van der Waals surface area contributed by atoms with Crippen LogP contribution in [-0.4, -0.2) is 31.5 Å². The van der Waals surface area contributed by atoms with Crippen molar-refractivity contribution in [2.45, 2.75) is 57.6 Å². The quantitative estimate of drug-likeness (QED) is 0.606. The summed E-state index contributed by atoms with van der Waals surface area (Å²) in [4.78, 5) is 0. The van der Waals surface area contributed by atoms with Crippen LogP contribution in [0, 0.1) is 5.82 Å². The molecule has 1 fully saturated rings. The average molecular weight is 386 g/mol. The molecule has 0 spiro atoms. The Morgan fingerprint density at radius 1 is 1.35 bits per heavy atom. The number of allylic oxidation sites excluding steroid dienone is 2. The van der Waals surface area contributed by atoms with E-state index in [2.05, 4.69) is 4.72 Å². The van der Waals surface area contributed by atoms with Gasteiger partial charge < -0.3 is 9.84 Å². The molecular formula is C19H28FNO4S. The van der Waals surface area contributed by atoms with E-state index >= 15 is 0 Å². The topological polar surface area (TPSA) is 75.6 Å². The van der Waals surface area contributed by atoms with Crippen LogP contribution in [0.3, 0.4) is 0 Å². The number of ether oxygens (including phenoxy) is 1. The second-order valence-corrected chi connectivity index (χ2v) is 9.26. The van der Waals surface area contributed by atoms with Crippen LogP contribution in [-0.2, 0) is 15.6 Å². The summed E-state index contributed by atoms with van der Waals surface area (Å²) in [5, 5.41) is 9.74. The smallest absolute Gasteiger partial charge is 0.212 e. The summed E-state index contributed by atoms with van der Waals surface area (Å²) in [5.41, 5.74) is -1.10. The molecule has 1 aromatic rings. The van der Waals surface area contributed by atoms with Crippen LogP contribution < -0.4 is 9.46 Å². The monoisotopic (exact) mass is 385 g/mol. The van der Waals surface area contributed by atoms with Gasteiger partial charge in [0, 0.05) is 0 Å². The number of hydrogen-bond donors (Lipinski definition) is 2. The minimum absolute atomic E-state index is 0.0148. The highest BCUT2D eigenvalue weighted by atomic mass is 32.2. The van der Waals surface area contributed by atoms with Crippen molar-refractivity contribution < 1.29 is 22.7 Å². The third-order valence-electron chi connectivity index (χ3n) is 4.12. The minimum Gasteiger partial charge on any atom is -0.488 e. The first-order valence-electron chi connectivity index (χ1n) is 8.89. The van der Waals surface area contributed by atoms with Gasteiger partial charge >= 0.3 is 0 Å². The predicted molar refractivity (Wildman–Crippen MR) is 100 cm³/mol. The van der Waals surface area contributed by atoms with Crippen LogP contribution in [0.15, 0.2) is 30.4 Å². The van der Waals surface area contributed by atoms with E-state index in [-0.39, 0.29) is 18.1 Å². The lowest BCUT2D eigenvalue weighted by Gasteiger charge is -2.21. The van der Waals surface area contributed by atoms with Gasteiger partial charge in [-0.3, -0.25) is 0 Å². The molecule has 1 aliphatic carbocycles.